The minimum absolute atomic E-state index is 0.0385. The zero-order valence-corrected chi connectivity index (χ0v) is 15.7. The summed E-state index contributed by atoms with van der Waals surface area (Å²) in [5.74, 6) is 0. The molecule has 8 heteroatoms. The highest BCUT2D eigenvalue weighted by Crippen LogP contribution is 2.32. The van der Waals surface area contributed by atoms with Crippen molar-refractivity contribution in [3.8, 4) is 0 Å². The van der Waals surface area contributed by atoms with Gasteiger partial charge in [-0.3, -0.25) is 4.68 Å². The molecular weight excluding hydrogens is 385 g/mol. The number of hydrogen-bond donors (Lipinski definition) is 0. The minimum Gasteiger partial charge on any atom is -0.444 e. The molecule has 0 N–H and O–H groups in total. The van der Waals surface area contributed by atoms with Crippen LogP contribution in [0.3, 0.4) is 0 Å². The maximum Gasteiger partial charge on any atom is 0.410 e. The molecule has 3 rings (SSSR count). The highest BCUT2D eigenvalue weighted by atomic mass is 79.9. The van der Waals surface area contributed by atoms with Crippen molar-refractivity contribution in [2.45, 2.75) is 45.0 Å². The average molecular weight is 404 g/mol. The first-order valence-electron chi connectivity index (χ1n) is 7.49. The highest BCUT2D eigenvalue weighted by molar-refractivity contribution is 9.11. The van der Waals surface area contributed by atoms with Gasteiger partial charge >= 0.3 is 6.09 Å². The summed E-state index contributed by atoms with van der Waals surface area (Å²) in [6.45, 7) is 5.92. The summed E-state index contributed by atoms with van der Waals surface area (Å²) >= 11 is 4.95. The summed E-state index contributed by atoms with van der Waals surface area (Å²) in [7, 11) is 0. The third-order valence-corrected chi connectivity index (χ3v) is 5.22. The normalized spacial score (nSPS) is 22.6. The Morgan fingerprint density at radius 2 is 2.26 bits per heavy atom. The molecule has 1 unspecified atom stereocenters. The third kappa shape index (κ3) is 3.68. The van der Waals surface area contributed by atoms with Gasteiger partial charge < -0.3 is 9.64 Å². The molecule has 23 heavy (non-hydrogen) atoms. The Morgan fingerprint density at radius 1 is 1.52 bits per heavy atom. The van der Waals surface area contributed by atoms with E-state index in [4.69, 9.17) is 4.74 Å². The molecule has 1 amide bonds. The molecule has 2 aromatic heterocycles. The number of rotatable bonds is 1. The van der Waals surface area contributed by atoms with Crippen molar-refractivity contribution in [1.82, 2.24) is 14.7 Å². The Bertz CT molecular complexity index is 692. The van der Waals surface area contributed by atoms with Gasteiger partial charge in [-0.05, 0) is 49.2 Å². The van der Waals surface area contributed by atoms with E-state index >= 15 is 0 Å². The zero-order valence-electron chi connectivity index (χ0n) is 13.3. The molecule has 126 valence electrons. The number of carbonyl (C=O) groups excluding carboxylic acids is 1. The first-order valence-corrected chi connectivity index (χ1v) is 9.10. The van der Waals surface area contributed by atoms with Crippen LogP contribution in [0.5, 0.6) is 0 Å². The maximum absolute atomic E-state index is 14.6. The second kappa shape index (κ2) is 6.05. The largest absolute Gasteiger partial charge is 0.444 e. The van der Waals surface area contributed by atoms with Crippen molar-refractivity contribution in [3.05, 3.63) is 16.0 Å². The zero-order chi connectivity index (χ0) is 16.8. The van der Waals surface area contributed by atoms with Gasteiger partial charge in [0.15, 0.2) is 0 Å². The number of hydrogen-bond acceptors (Lipinski definition) is 4. The molecule has 0 bridgehead atoms. The SMILES string of the molecule is CC(C)(C)OC(=O)N1CCC(n2cc3cc(Br)sc3n2)[C@@H](F)C1. The Labute approximate surface area is 146 Å². The monoisotopic (exact) mass is 403 g/mol. The maximum atomic E-state index is 14.6. The lowest BCUT2D eigenvalue weighted by molar-refractivity contribution is 0.00582. The predicted octanol–water partition coefficient (Wildman–Crippen LogP) is 4.38. The molecule has 1 aliphatic heterocycles. The van der Waals surface area contributed by atoms with E-state index in [1.807, 2.05) is 12.3 Å². The molecule has 0 aromatic carbocycles. The fraction of sp³-hybridized carbons (Fsp3) is 0.600. The minimum atomic E-state index is -1.16. The van der Waals surface area contributed by atoms with E-state index in [9.17, 15) is 9.18 Å². The van der Waals surface area contributed by atoms with Crippen molar-refractivity contribution in [2.75, 3.05) is 13.1 Å². The number of fused-ring (bicyclic) bond motifs is 1. The van der Waals surface area contributed by atoms with Crippen molar-refractivity contribution >= 4 is 43.6 Å². The van der Waals surface area contributed by atoms with Crippen LogP contribution in [0.15, 0.2) is 16.0 Å². The second-order valence-electron chi connectivity index (χ2n) is 6.72. The van der Waals surface area contributed by atoms with Crippen LogP contribution in [0.4, 0.5) is 9.18 Å². The molecule has 3 heterocycles. The number of halogens is 2. The molecule has 1 fully saturated rings. The Balaban J connectivity index is 1.68. The van der Waals surface area contributed by atoms with Crippen LogP contribution >= 0.6 is 27.3 Å². The van der Waals surface area contributed by atoms with E-state index in [2.05, 4.69) is 21.0 Å². The van der Waals surface area contributed by atoms with Gasteiger partial charge in [0, 0.05) is 18.1 Å². The van der Waals surface area contributed by atoms with Crippen LogP contribution in [0, 0.1) is 0 Å². The number of alkyl halides is 1. The van der Waals surface area contributed by atoms with Gasteiger partial charge in [-0.15, -0.1) is 11.3 Å². The highest BCUT2D eigenvalue weighted by Gasteiger charge is 2.35. The number of ether oxygens (including phenoxy) is 1. The predicted molar refractivity (Wildman–Crippen MR) is 91.7 cm³/mol. The molecule has 5 nitrogen and oxygen atoms in total. The quantitative estimate of drug-likeness (QED) is 0.709. The van der Waals surface area contributed by atoms with Gasteiger partial charge in [0.2, 0.25) is 0 Å². The van der Waals surface area contributed by atoms with E-state index in [1.165, 1.54) is 16.2 Å². The van der Waals surface area contributed by atoms with Gasteiger partial charge in [0.25, 0.3) is 0 Å². The van der Waals surface area contributed by atoms with E-state index < -0.39 is 17.9 Å². The van der Waals surface area contributed by atoms with E-state index in [0.717, 1.165) is 14.0 Å². The van der Waals surface area contributed by atoms with Crippen molar-refractivity contribution in [3.63, 3.8) is 0 Å². The lowest BCUT2D eigenvalue weighted by Crippen LogP contribution is -2.47. The number of carbonyl (C=O) groups is 1. The first-order chi connectivity index (χ1) is 10.7. The van der Waals surface area contributed by atoms with E-state index in [0.29, 0.717) is 13.0 Å². The molecule has 2 aromatic rings. The van der Waals surface area contributed by atoms with Gasteiger partial charge in [-0.25, -0.2) is 9.18 Å². The summed E-state index contributed by atoms with van der Waals surface area (Å²) in [6, 6.07) is 1.64. The van der Waals surface area contributed by atoms with E-state index in [-0.39, 0.29) is 12.6 Å². The van der Waals surface area contributed by atoms with Gasteiger partial charge in [0.1, 0.15) is 16.6 Å². The summed E-state index contributed by atoms with van der Waals surface area (Å²) in [5.41, 5.74) is -0.570. The Kier molecular flexibility index (Phi) is 4.39. The summed E-state index contributed by atoms with van der Waals surface area (Å²) in [6.07, 6.45) is 0.783. The van der Waals surface area contributed by atoms with Crippen molar-refractivity contribution in [1.29, 1.82) is 0 Å². The lowest BCUT2D eigenvalue weighted by Gasteiger charge is -2.35. The topological polar surface area (TPSA) is 47.4 Å². The van der Waals surface area contributed by atoms with Crippen molar-refractivity contribution < 1.29 is 13.9 Å². The summed E-state index contributed by atoms with van der Waals surface area (Å²) < 4.78 is 22.6. The number of nitrogens with zero attached hydrogens (tertiary/aromatic N) is 3. The number of amides is 1. The van der Waals surface area contributed by atoms with Gasteiger partial charge in [-0.2, -0.15) is 5.10 Å². The standard InChI is InChI=1S/C15H19BrFN3O2S/c1-15(2,3)22-14(21)19-5-4-11(10(17)8-19)20-7-9-6-12(16)23-13(9)18-20/h6-7,10-11H,4-5,8H2,1-3H3/t10-,11?/m0/s1. The molecule has 1 aliphatic rings. The third-order valence-electron chi connectivity index (χ3n) is 3.69. The van der Waals surface area contributed by atoms with Crippen LogP contribution in [-0.4, -0.2) is 45.6 Å². The smallest absolute Gasteiger partial charge is 0.410 e. The number of thiophene rings is 1. The van der Waals surface area contributed by atoms with E-state index in [1.54, 1.807) is 25.5 Å². The van der Waals surface area contributed by atoms with Crippen LogP contribution in [0.2, 0.25) is 0 Å². The summed E-state index contributed by atoms with van der Waals surface area (Å²) in [4.78, 5) is 14.4. The molecule has 0 aliphatic carbocycles. The van der Waals surface area contributed by atoms with Crippen LogP contribution < -0.4 is 0 Å². The van der Waals surface area contributed by atoms with Crippen LogP contribution in [0.1, 0.15) is 33.2 Å². The van der Waals surface area contributed by atoms with Gasteiger partial charge in [0.05, 0.1) is 16.4 Å². The first kappa shape index (κ1) is 16.7. The van der Waals surface area contributed by atoms with Crippen LogP contribution in [-0.2, 0) is 4.74 Å². The molecule has 1 saturated heterocycles. The number of likely N-dealkylation sites (tertiary alicyclic amines) is 1. The fourth-order valence-corrected chi connectivity index (χ4v) is 4.11. The lowest BCUT2D eigenvalue weighted by atomic mass is 10.0. The molecule has 0 radical (unpaired) electrons. The Morgan fingerprint density at radius 3 is 2.87 bits per heavy atom. The number of aromatic nitrogens is 2. The summed E-state index contributed by atoms with van der Waals surface area (Å²) in [5, 5.41) is 5.47. The van der Waals surface area contributed by atoms with Gasteiger partial charge in [-0.1, -0.05) is 0 Å². The van der Waals surface area contributed by atoms with Crippen LogP contribution in [0.25, 0.3) is 10.2 Å². The van der Waals surface area contributed by atoms with Crippen molar-refractivity contribution in [2.24, 2.45) is 0 Å². The fourth-order valence-electron chi connectivity index (χ4n) is 2.66. The molecule has 2 atom stereocenters. The number of piperidine rings is 1. The Hall–Kier alpha value is -1.15. The second-order valence-corrected chi connectivity index (χ2v) is 9.13. The molecule has 0 saturated carbocycles. The average Bonchev–Trinajstić information content (AvgIpc) is 2.93. The molecule has 0 spiro atoms. The molecular formula is C15H19BrFN3O2S.